The fraction of sp³-hybridized carbons (Fsp3) is 0.267. The SMILES string of the molecule is CC(C)(C)S(=O)c1cc(-c2cccc(Br)c2)oc(=O)c1. The molecule has 0 aliphatic heterocycles. The summed E-state index contributed by atoms with van der Waals surface area (Å²) in [5, 5.41) is 0. The van der Waals surface area contributed by atoms with E-state index in [2.05, 4.69) is 15.9 Å². The van der Waals surface area contributed by atoms with E-state index in [0.29, 0.717) is 10.7 Å². The summed E-state index contributed by atoms with van der Waals surface area (Å²) in [5.74, 6) is 0.423. The molecule has 3 nitrogen and oxygen atoms in total. The largest absolute Gasteiger partial charge is 0.423 e. The summed E-state index contributed by atoms with van der Waals surface area (Å²) < 4.78 is 18.1. The van der Waals surface area contributed by atoms with Crippen molar-refractivity contribution in [2.75, 3.05) is 0 Å². The summed E-state index contributed by atoms with van der Waals surface area (Å²) in [6, 6.07) is 10.4. The van der Waals surface area contributed by atoms with Crippen LogP contribution in [-0.4, -0.2) is 8.96 Å². The molecule has 0 spiro atoms. The van der Waals surface area contributed by atoms with Crippen LogP contribution >= 0.6 is 15.9 Å². The summed E-state index contributed by atoms with van der Waals surface area (Å²) in [4.78, 5) is 12.2. The van der Waals surface area contributed by atoms with Crippen LogP contribution in [0.25, 0.3) is 11.3 Å². The second kappa shape index (κ2) is 5.66. The van der Waals surface area contributed by atoms with Gasteiger partial charge in [-0.25, -0.2) is 4.79 Å². The summed E-state index contributed by atoms with van der Waals surface area (Å²) >= 11 is 3.38. The Morgan fingerprint density at radius 1 is 1.15 bits per heavy atom. The van der Waals surface area contributed by atoms with E-state index in [1.165, 1.54) is 6.07 Å². The fourth-order valence-corrected chi connectivity index (χ4v) is 3.22. The first-order valence-corrected chi connectivity index (χ1v) is 8.05. The predicted molar refractivity (Wildman–Crippen MR) is 84.3 cm³/mol. The van der Waals surface area contributed by atoms with Gasteiger partial charge >= 0.3 is 5.63 Å². The van der Waals surface area contributed by atoms with E-state index in [4.69, 9.17) is 4.42 Å². The molecule has 0 saturated heterocycles. The lowest BCUT2D eigenvalue weighted by atomic mass is 10.2. The minimum Gasteiger partial charge on any atom is -0.423 e. The molecule has 1 unspecified atom stereocenters. The zero-order chi connectivity index (χ0) is 14.9. The highest BCUT2D eigenvalue weighted by atomic mass is 79.9. The molecule has 106 valence electrons. The minimum atomic E-state index is -1.27. The van der Waals surface area contributed by atoms with Crippen molar-refractivity contribution in [3.05, 3.63) is 51.3 Å². The third-order valence-electron chi connectivity index (χ3n) is 2.62. The second-order valence-electron chi connectivity index (χ2n) is 5.37. The first-order valence-electron chi connectivity index (χ1n) is 6.10. The van der Waals surface area contributed by atoms with Crippen LogP contribution < -0.4 is 5.63 Å². The third-order valence-corrected chi connectivity index (χ3v) is 4.89. The number of hydrogen-bond donors (Lipinski definition) is 0. The Kier molecular flexibility index (Phi) is 4.30. The quantitative estimate of drug-likeness (QED) is 0.819. The third kappa shape index (κ3) is 3.46. The smallest absolute Gasteiger partial charge is 0.337 e. The van der Waals surface area contributed by atoms with Gasteiger partial charge in [-0.15, -0.1) is 0 Å². The highest BCUT2D eigenvalue weighted by Crippen LogP contribution is 2.26. The summed E-state index contributed by atoms with van der Waals surface area (Å²) in [6.07, 6.45) is 0. The molecule has 0 aliphatic carbocycles. The second-order valence-corrected chi connectivity index (χ2v) is 8.52. The monoisotopic (exact) mass is 354 g/mol. The maximum absolute atomic E-state index is 12.4. The molecule has 20 heavy (non-hydrogen) atoms. The summed E-state index contributed by atoms with van der Waals surface area (Å²) in [7, 11) is -1.27. The van der Waals surface area contributed by atoms with Crippen LogP contribution in [0.5, 0.6) is 0 Å². The van der Waals surface area contributed by atoms with Crippen LogP contribution in [-0.2, 0) is 10.8 Å². The highest BCUT2D eigenvalue weighted by molar-refractivity contribution is 9.10. The molecule has 0 N–H and O–H groups in total. The molecular weight excluding hydrogens is 340 g/mol. The number of rotatable bonds is 2. The van der Waals surface area contributed by atoms with Gasteiger partial charge in [0.15, 0.2) is 0 Å². The Bertz CT molecular complexity index is 714. The van der Waals surface area contributed by atoms with Crippen molar-refractivity contribution in [3.8, 4) is 11.3 Å². The van der Waals surface area contributed by atoms with Gasteiger partial charge in [-0.05, 0) is 39.0 Å². The van der Waals surface area contributed by atoms with Gasteiger partial charge in [0.05, 0.1) is 15.7 Å². The van der Waals surface area contributed by atoms with Gasteiger partial charge in [0.25, 0.3) is 0 Å². The van der Waals surface area contributed by atoms with E-state index in [1.807, 2.05) is 45.0 Å². The summed E-state index contributed by atoms with van der Waals surface area (Å²) in [6.45, 7) is 5.61. The van der Waals surface area contributed by atoms with Crippen LogP contribution in [0.2, 0.25) is 0 Å². The maximum atomic E-state index is 12.4. The van der Waals surface area contributed by atoms with Crippen molar-refractivity contribution >= 4 is 26.7 Å². The van der Waals surface area contributed by atoms with Crippen LogP contribution in [0, 0.1) is 0 Å². The van der Waals surface area contributed by atoms with Crippen molar-refractivity contribution in [1.29, 1.82) is 0 Å². The molecule has 1 heterocycles. The van der Waals surface area contributed by atoms with E-state index < -0.39 is 21.2 Å². The van der Waals surface area contributed by atoms with Gasteiger partial charge in [-0.3, -0.25) is 4.21 Å². The molecule has 2 aromatic rings. The molecule has 0 amide bonds. The molecular formula is C15H15BrO3S. The van der Waals surface area contributed by atoms with Gasteiger partial charge in [-0.2, -0.15) is 0 Å². The predicted octanol–water partition coefficient (Wildman–Crippen LogP) is 3.98. The van der Waals surface area contributed by atoms with E-state index in [9.17, 15) is 9.00 Å². The normalized spacial score (nSPS) is 13.2. The molecule has 1 aromatic carbocycles. The van der Waals surface area contributed by atoms with Crippen LogP contribution in [0.3, 0.4) is 0 Å². The van der Waals surface area contributed by atoms with E-state index in [1.54, 1.807) is 6.07 Å². The van der Waals surface area contributed by atoms with Crippen molar-refractivity contribution in [2.45, 2.75) is 30.4 Å². The van der Waals surface area contributed by atoms with E-state index in [0.717, 1.165) is 10.0 Å². The highest BCUT2D eigenvalue weighted by Gasteiger charge is 2.22. The number of hydrogen-bond acceptors (Lipinski definition) is 3. The van der Waals surface area contributed by atoms with Crippen molar-refractivity contribution < 1.29 is 8.63 Å². The minimum absolute atomic E-state index is 0.423. The molecule has 2 rings (SSSR count). The van der Waals surface area contributed by atoms with Crippen molar-refractivity contribution in [1.82, 2.24) is 0 Å². The van der Waals surface area contributed by atoms with Gasteiger partial charge in [0.1, 0.15) is 5.76 Å². The Morgan fingerprint density at radius 2 is 1.85 bits per heavy atom. The molecule has 1 atom stereocenters. The molecule has 0 saturated carbocycles. The lowest BCUT2D eigenvalue weighted by Gasteiger charge is -2.17. The molecule has 0 bridgehead atoms. The Hall–Kier alpha value is -1.20. The summed E-state index contributed by atoms with van der Waals surface area (Å²) in [5.41, 5.74) is 0.277. The lowest BCUT2D eigenvalue weighted by Crippen LogP contribution is -2.22. The molecule has 1 aromatic heterocycles. The average Bonchev–Trinajstić information content (AvgIpc) is 2.36. The van der Waals surface area contributed by atoms with Crippen LogP contribution in [0.4, 0.5) is 0 Å². The van der Waals surface area contributed by atoms with Gasteiger partial charge < -0.3 is 4.42 Å². The van der Waals surface area contributed by atoms with Crippen molar-refractivity contribution in [2.24, 2.45) is 0 Å². The topological polar surface area (TPSA) is 47.3 Å². The Balaban J connectivity index is 2.55. The van der Waals surface area contributed by atoms with Gasteiger partial charge in [0, 0.05) is 20.8 Å². The van der Waals surface area contributed by atoms with Crippen LogP contribution in [0.15, 0.2) is 55.0 Å². The lowest BCUT2D eigenvalue weighted by molar-refractivity contribution is 0.520. The first kappa shape index (κ1) is 15.2. The Morgan fingerprint density at radius 3 is 2.45 bits per heavy atom. The van der Waals surface area contributed by atoms with E-state index >= 15 is 0 Å². The molecule has 0 aliphatic rings. The first-order chi connectivity index (χ1) is 9.27. The molecule has 0 radical (unpaired) electrons. The number of halogens is 1. The average molecular weight is 355 g/mol. The zero-order valence-electron chi connectivity index (χ0n) is 11.5. The van der Waals surface area contributed by atoms with E-state index in [-0.39, 0.29) is 0 Å². The maximum Gasteiger partial charge on any atom is 0.337 e. The standard InChI is InChI=1S/C15H15BrO3S/c1-15(2,3)20(18)12-8-13(19-14(17)9-12)10-5-4-6-11(16)7-10/h4-9H,1-3H3. The van der Waals surface area contributed by atoms with Gasteiger partial charge in [-0.1, -0.05) is 28.1 Å². The molecule has 0 fully saturated rings. The van der Waals surface area contributed by atoms with Gasteiger partial charge in [0.2, 0.25) is 0 Å². The molecule has 5 heteroatoms. The van der Waals surface area contributed by atoms with Crippen LogP contribution in [0.1, 0.15) is 20.8 Å². The van der Waals surface area contributed by atoms with Crippen molar-refractivity contribution in [3.63, 3.8) is 0 Å². The fourth-order valence-electron chi connectivity index (χ4n) is 1.70. The number of benzene rings is 1. The Labute approximate surface area is 128 Å². The zero-order valence-corrected chi connectivity index (χ0v) is 13.9.